The van der Waals surface area contributed by atoms with Gasteiger partial charge in [0, 0.05) is 6.54 Å². The molecule has 0 saturated carbocycles. The standard InChI is InChI=1S/C9H13FN2/c1-12(2)6-7-3-4-8(10)9(11)5-7/h3-5H,6,11H2,1-2H3. The van der Waals surface area contributed by atoms with Gasteiger partial charge in [0.15, 0.2) is 0 Å². The van der Waals surface area contributed by atoms with Gasteiger partial charge in [-0.15, -0.1) is 0 Å². The Morgan fingerprint density at radius 1 is 1.42 bits per heavy atom. The molecule has 0 heterocycles. The van der Waals surface area contributed by atoms with Gasteiger partial charge in [0.1, 0.15) is 5.82 Å². The van der Waals surface area contributed by atoms with Crippen LogP contribution in [0, 0.1) is 5.82 Å². The van der Waals surface area contributed by atoms with Crippen molar-refractivity contribution in [3.8, 4) is 0 Å². The highest BCUT2D eigenvalue weighted by atomic mass is 19.1. The van der Waals surface area contributed by atoms with Crippen LogP contribution in [0.2, 0.25) is 0 Å². The molecule has 1 aromatic carbocycles. The number of anilines is 1. The number of nitrogen functional groups attached to an aromatic ring is 1. The zero-order chi connectivity index (χ0) is 9.14. The Balaban J connectivity index is 2.82. The third kappa shape index (κ3) is 2.20. The Kier molecular flexibility index (Phi) is 2.65. The van der Waals surface area contributed by atoms with E-state index in [4.69, 9.17) is 5.73 Å². The van der Waals surface area contributed by atoms with Crippen LogP contribution in [0.3, 0.4) is 0 Å². The summed E-state index contributed by atoms with van der Waals surface area (Å²) in [5.74, 6) is -0.350. The minimum absolute atomic E-state index is 0.217. The van der Waals surface area contributed by atoms with Crippen molar-refractivity contribution in [1.29, 1.82) is 0 Å². The Hall–Kier alpha value is -1.09. The Morgan fingerprint density at radius 3 is 2.58 bits per heavy atom. The fourth-order valence-electron chi connectivity index (χ4n) is 1.06. The molecule has 0 fully saturated rings. The quantitative estimate of drug-likeness (QED) is 0.677. The number of rotatable bonds is 2. The van der Waals surface area contributed by atoms with E-state index in [1.54, 1.807) is 12.1 Å². The molecule has 0 aliphatic carbocycles. The van der Waals surface area contributed by atoms with Gasteiger partial charge >= 0.3 is 0 Å². The van der Waals surface area contributed by atoms with E-state index in [1.165, 1.54) is 6.07 Å². The summed E-state index contributed by atoms with van der Waals surface area (Å²) in [6, 6.07) is 4.80. The lowest BCUT2D eigenvalue weighted by atomic mass is 10.2. The number of benzene rings is 1. The second-order valence-electron chi connectivity index (χ2n) is 3.09. The number of nitrogens with zero attached hydrogens (tertiary/aromatic N) is 1. The molecule has 66 valence electrons. The molecule has 0 aliphatic rings. The van der Waals surface area contributed by atoms with Crippen LogP contribution in [-0.2, 0) is 6.54 Å². The molecule has 0 bridgehead atoms. The van der Waals surface area contributed by atoms with Crippen LogP contribution in [0.4, 0.5) is 10.1 Å². The first-order chi connectivity index (χ1) is 5.59. The summed E-state index contributed by atoms with van der Waals surface area (Å²) in [5.41, 5.74) is 6.65. The lowest BCUT2D eigenvalue weighted by Crippen LogP contribution is -2.10. The van der Waals surface area contributed by atoms with Crippen molar-refractivity contribution in [3.63, 3.8) is 0 Å². The van der Waals surface area contributed by atoms with Gasteiger partial charge in [-0.3, -0.25) is 0 Å². The second-order valence-corrected chi connectivity index (χ2v) is 3.09. The largest absolute Gasteiger partial charge is 0.396 e. The van der Waals surface area contributed by atoms with Crippen molar-refractivity contribution >= 4 is 5.69 Å². The second kappa shape index (κ2) is 3.54. The molecule has 2 N–H and O–H groups in total. The van der Waals surface area contributed by atoms with Gasteiger partial charge in [0.2, 0.25) is 0 Å². The minimum atomic E-state index is -0.350. The van der Waals surface area contributed by atoms with E-state index in [1.807, 2.05) is 19.0 Å². The molecule has 0 radical (unpaired) electrons. The van der Waals surface area contributed by atoms with Crippen molar-refractivity contribution in [3.05, 3.63) is 29.6 Å². The van der Waals surface area contributed by atoms with Gasteiger partial charge in [-0.05, 0) is 31.8 Å². The smallest absolute Gasteiger partial charge is 0.146 e. The predicted octanol–water partition coefficient (Wildman–Crippen LogP) is 1.47. The van der Waals surface area contributed by atoms with Gasteiger partial charge in [-0.25, -0.2) is 4.39 Å². The molecule has 12 heavy (non-hydrogen) atoms. The average molecular weight is 168 g/mol. The predicted molar refractivity (Wildman–Crippen MR) is 48.2 cm³/mol. The molecule has 0 amide bonds. The van der Waals surface area contributed by atoms with Gasteiger partial charge < -0.3 is 10.6 Å². The van der Waals surface area contributed by atoms with E-state index in [-0.39, 0.29) is 11.5 Å². The Labute approximate surface area is 71.8 Å². The molecule has 3 heteroatoms. The number of hydrogen-bond donors (Lipinski definition) is 1. The summed E-state index contributed by atoms with van der Waals surface area (Å²) in [6.45, 7) is 0.782. The van der Waals surface area contributed by atoms with Crippen molar-refractivity contribution in [1.82, 2.24) is 4.90 Å². The van der Waals surface area contributed by atoms with E-state index in [2.05, 4.69) is 0 Å². The highest BCUT2D eigenvalue weighted by molar-refractivity contribution is 5.42. The van der Waals surface area contributed by atoms with Gasteiger partial charge in [-0.2, -0.15) is 0 Å². The van der Waals surface area contributed by atoms with Crippen LogP contribution in [0.5, 0.6) is 0 Å². The number of hydrogen-bond acceptors (Lipinski definition) is 2. The summed E-state index contributed by atoms with van der Waals surface area (Å²) < 4.78 is 12.7. The number of nitrogens with two attached hydrogens (primary N) is 1. The van der Waals surface area contributed by atoms with Crippen molar-refractivity contribution in [2.45, 2.75) is 6.54 Å². The zero-order valence-electron chi connectivity index (χ0n) is 7.34. The number of halogens is 1. The molecular formula is C9H13FN2. The van der Waals surface area contributed by atoms with E-state index in [0.29, 0.717) is 0 Å². The van der Waals surface area contributed by atoms with Gasteiger partial charge in [0.25, 0.3) is 0 Å². The van der Waals surface area contributed by atoms with E-state index in [9.17, 15) is 4.39 Å². The molecule has 0 aromatic heterocycles. The van der Waals surface area contributed by atoms with E-state index in [0.717, 1.165) is 12.1 Å². The summed E-state index contributed by atoms with van der Waals surface area (Å²) >= 11 is 0. The van der Waals surface area contributed by atoms with Crippen LogP contribution in [0.1, 0.15) is 5.56 Å². The fraction of sp³-hybridized carbons (Fsp3) is 0.333. The highest BCUT2D eigenvalue weighted by Gasteiger charge is 1.99. The van der Waals surface area contributed by atoms with Crippen molar-refractivity contribution in [2.24, 2.45) is 0 Å². The minimum Gasteiger partial charge on any atom is -0.396 e. The van der Waals surface area contributed by atoms with Crippen molar-refractivity contribution in [2.75, 3.05) is 19.8 Å². The molecule has 2 nitrogen and oxygen atoms in total. The highest BCUT2D eigenvalue weighted by Crippen LogP contribution is 2.12. The zero-order valence-corrected chi connectivity index (χ0v) is 7.34. The van der Waals surface area contributed by atoms with Crippen LogP contribution in [0.15, 0.2) is 18.2 Å². The van der Waals surface area contributed by atoms with Gasteiger partial charge in [-0.1, -0.05) is 6.07 Å². The average Bonchev–Trinajstić information content (AvgIpc) is 1.96. The van der Waals surface area contributed by atoms with Crippen LogP contribution < -0.4 is 5.73 Å². The first-order valence-corrected chi connectivity index (χ1v) is 3.78. The molecular weight excluding hydrogens is 155 g/mol. The van der Waals surface area contributed by atoms with Crippen LogP contribution in [0.25, 0.3) is 0 Å². The van der Waals surface area contributed by atoms with E-state index < -0.39 is 0 Å². The van der Waals surface area contributed by atoms with Crippen molar-refractivity contribution < 1.29 is 4.39 Å². The lowest BCUT2D eigenvalue weighted by Gasteiger charge is -2.09. The van der Waals surface area contributed by atoms with Crippen LogP contribution >= 0.6 is 0 Å². The summed E-state index contributed by atoms with van der Waals surface area (Å²) in [6.07, 6.45) is 0. The molecule has 0 spiro atoms. The third-order valence-corrected chi connectivity index (χ3v) is 1.56. The molecule has 1 rings (SSSR count). The first-order valence-electron chi connectivity index (χ1n) is 3.78. The third-order valence-electron chi connectivity index (χ3n) is 1.56. The Bertz CT molecular complexity index is 271. The summed E-state index contributed by atoms with van der Waals surface area (Å²) in [5, 5.41) is 0. The first kappa shape index (κ1) is 9.00. The maximum Gasteiger partial charge on any atom is 0.146 e. The fourth-order valence-corrected chi connectivity index (χ4v) is 1.06. The molecule has 1 aromatic rings. The van der Waals surface area contributed by atoms with E-state index >= 15 is 0 Å². The molecule has 0 unspecified atom stereocenters. The maximum atomic E-state index is 12.7. The topological polar surface area (TPSA) is 29.3 Å². The normalized spacial score (nSPS) is 10.7. The molecule has 0 saturated heterocycles. The molecule has 0 aliphatic heterocycles. The lowest BCUT2D eigenvalue weighted by molar-refractivity contribution is 0.402. The molecule has 0 atom stereocenters. The van der Waals surface area contributed by atoms with Gasteiger partial charge in [0.05, 0.1) is 5.69 Å². The Morgan fingerprint density at radius 2 is 2.08 bits per heavy atom. The SMILES string of the molecule is CN(C)Cc1ccc(F)c(N)c1. The van der Waals surface area contributed by atoms with Crippen LogP contribution in [-0.4, -0.2) is 19.0 Å². The summed E-state index contributed by atoms with van der Waals surface area (Å²) in [7, 11) is 3.92. The summed E-state index contributed by atoms with van der Waals surface area (Å²) in [4.78, 5) is 2.01. The maximum absolute atomic E-state index is 12.7. The monoisotopic (exact) mass is 168 g/mol.